The minimum atomic E-state index is 0.941. The van der Waals surface area contributed by atoms with Crippen molar-refractivity contribution >= 4 is 11.4 Å². The molecule has 2 aromatic carbocycles. The minimum absolute atomic E-state index is 0.941. The van der Waals surface area contributed by atoms with Crippen molar-refractivity contribution in [3.63, 3.8) is 0 Å². The first kappa shape index (κ1) is 65.1. The summed E-state index contributed by atoms with van der Waals surface area (Å²) in [5.41, 5.74) is 23.0. The van der Waals surface area contributed by atoms with Crippen molar-refractivity contribution in [1.82, 2.24) is 0 Å². The normalized spacial score (nSPS) is 12.6. The Morgan fingerprint density at radius 2 is 0.577 bits per heavy atom. The van der Waals surface area contributed by atoms with Crippen molar-refractivity contribution < 1.29 is 19.1 Å². The quantitative estimate of drug-likeness (QED) is 0.0359. The van der Waals surface area contributed by atoms with Gasteiger partial charge in [0, 0.05) is 22.8 Å². The molecule has 0 atom stereocenters. The molecule has 0 saturated carbocycles. The molecule has 2 nitrogen and oxygen atoms in total. The number of rotatable bonds is 47. The second-order valence-corrected chi connectivity index (χ2v) is 23.5. The number of allylic oxidation sites excluding steroid dienone is 2. The second kappa shape index (κ2) is 46.5. The Morgan fingerprint density at radius 1 is 0.310 bits per heavy atom. The minimum Gasteiger partial charge on any atom is -0.0654 e. The van der Waals surface area contributed by atoms with E-state index in [1.807, 2.05) is 14.4 Å². The van der Waals surface area contributed by atoms with E-state index >= 15 is 0 Å². The zero-order valence-electron chi connectivity index (χ0n) is 48.6. The van der Waals surface area contributed by atoms with Gasteiger partial charge in [-0.2, -0.15) is 0 Å². The Hall–Kier alpha value is -1.99. The molecule has 1 aliphatic heterocycles. The van der Waals surface area contributed by atoms with Crippen LogP contribution in [0.2, 0.25) is 10.8 Å². The third kappa shape index (κ3) is 32.2. The molecule has 0 N–H and O–H groups in total. The fourth-order valence-electron chi connectivity index (χ4n) is 10.3. The first-order chi connectivity index (χ1) is 35.0. The van der Waals surface area contributed by atoms with E-state index in [9.17, 15) is 5.53 Å². The molecule has 0 fully saturated rings. The zero-order valence-corrected chi connectivity index (χ0v) is 49.6. The van der Waals surface area contributed by atoms with Gasteiger partial charge in [0.15, 0.2) is 0 Å². The van der Waals surface area contributed by atoms with Crippen LogP contribution in [0.25, 0.3) is 16.9 Å². The molecule has 0 spiro atoms. The molecule has 71 heavy (non-hydrogen) atoms. The van der Waals surface area contributed by atoms with E-state index in [0.717, 1.165) is 61.9 Å². The Labute approximate surface area is 450 Å². The molecule has 0 radical (unpaired) electrons. The molecular formula is C68H118N2Ni. The predicted octanol–water partition coefficient (Wildman–Crippen LogP) is 23.9. The molecule has 1 aliphatic rings. The molecule has 3 heteroatoms. The maximum absolute atomic E-state index is 11.8. The number of hydrogen-bond donors (Lipinski definition) is 0. The molecule has 0 aromatic heterocycles. The van der Waals surface area contributed by atoms with Crippen LogP contribution < -0.4 is 0 Å². The summed E-state index contributed by atoms with van der Waals surface area (Å²) in [5.74, 6) is 0. The maximum atomic E-state index is 11.8. The van der Waals surface area contributed by atoms with Gasteiger partial charge >= 0.3 is 166 Å². The second-order valence-electron chi connectivity index (χ2n) is 22.0. The van der Waals surface area contributed by atoms with Crippen LogP contribution in [-0.4, -0.2) is 4.70 Å². The Kier molecular flexibility index (Phi) is 42.7. The number of unbranched alkanes of at least 4 members (excludes halogenated alkanes) is 31. The molecule has 0 unspecified atom stereocenters. The number of hydrogen-bond acceptors (Lipinski definition) is 0. The van der Waals surface area contributed by atoms with Crippen LogP contribution in [0.3, 0.4) is 0 Å². The summed E-state index contributed by atoms with van der Waals surface area (Å²) in [6.07, 6.45) is 60.8. The van der Waals surface area contributed by atoms with Crippen LogP contribution in [-0.2, 0) is 40.1 Å². The van der Waals surface area contributed by atoms with Crippen molar-refractivity contribution in [3.8, 4) is 0 Å². The van der Waals surface area contributed by atoms with E-state index in [1.165, 1.54) is 280 Å². The molecule has 1 heterocycles. The third-order valence-corrected chi connectivity index (χ3v) is 16.4. The van der Waals surface area contributed by atoms with Crippen molar-refractivity contribution in [2.24, 2.45) is 0 Å². The number of nitrogens with zero attached hydrogens (tertiary/aromatic N) is 2. The van der Waals surface area contributed by atoms with Crippen molar-refractivity contribution in [1.29, 1.82) is 0 Å². The zero-order chi connectivity index (χ0) is 51.3. The number of aryl methyl sites for hydroxylation is 4. The molecule has 0 saturated heterocycles. The van der Waals surface area contributed by atoms with Gasteiger partial charge in [-0.25, -0.2) is 4.70 Å². The van der Waals surface area contributed by atoms with E-state index in [0.29, 0.717) is 0 Å². The first-order valence-corrected chi connectivity index (χ1v) is 33.0. The molecular weight excluding hydrogens is 903 g/mol. The molecule has 0 aliphatic carbocycles. The third-order valence-electron chi connectivity index (χ3n) is 15.0. The first-order valence-electron chi connectivity index (χ1n) is 31.6. The Balaban J connectivity index is 0.000000493. The predicted molar refractivity (Wildman–Crippen MR) is 316 cm³/mol. The van der Waals surface area contributed by atoms with Gasteiger partial charge in [-0.15, -0.1) is 0 Å². The topological polar surface area (TPSA) is 25.3 Å². The van der Waals surface area contributed by atoms with E-state index in [-0.39, 0.29) is 0 Å². The van der Waals surface area contributed by atoms with Crippen LogP contribution in [0.5, 0.6) is 0 Å². The standard InChI is InChI=1S/C36H52N2.2C16H33.Ni/c1-6-11-16-28-21-29(17-12-7-2)24-33(23-28)35-27-32(20-15-10-5)36(38(35)37)34-25-30(18-13-8-3)22-31(26-34)19-14-9-4;2*1-3-5-7-9-11-13-15-16-14-12-10-8-6-4-2;/h21-27H,6-20H2,1-5H3;2*1,3-16H2,2H3;. The van der Waals surface area contributed by atoms with E-state index in [1.54, 1.807) is 0 Å². The monoisotopic (exact) mass is 1020 g/mol. The van der Waals surface area contributed by atoms with Gasteiger partial charge in [0.2, 0.25) is 11.4 Å². The van der Waals surface area contributed by atoms with Gasteiger partial charge in [0.05, 0.1) is 0 Å². The molecule has 3 rings (SSSR count). The fourth-order valence-corrected chi connectivity index (χ4v) is 11.6. The van der Waals surface area contributed by atoms with Crippen molar-refractivity contribution in [2.45, 2.75) is 335 Å². The molecule has 0 amide bonds. The fraction of sp³-hybridized carbons (Fsp3) is 0.765. The Morgan fingerprint density at radius 3 is 0.887 bits per heavy atom. The summed E-state index contributed by atoms with van der Waals surface area (Å²) in [6.45, 7) is 15.9. The van der Waals surface area contributed by atoms with Crippen molar-refractivity contribution in [3.05, 3.63) is 87.0 Å². The van der Waals surface area contributed by atoms with Gasteiger partial charge in [-0.1, -0.05) is 131 Å². The average Bonchev–Trinajstić information content (AvgIpc) is 3.72. The SMILES string of the molecule is CCCCC1=C(c2cc(CCCC)cc(CCCC)c2)[N+](=[N-])C(c2cc(CCCC)cc(CCCC)c2)=C1.CCCCCCCCCCCCCCC[CH2][Ni][CH2]CCCCCCCCCCCCCCC. The van der Waals surface area contributed by atoms with E-state index in [2.05, 4.69) is 90.9 Å². The van der Waals surface area contributed by atoms with Crippen LogP contribution in [0.4, 0.5) is 0 Å². The summed E-state index contributed by atoms with van der Waals surface area (Å²) in [7, 11) is 0. The average molecular weight is 1020 g/mol. The van der Waals surface area contributed by atoms with Gasteiger partial charge in [0.1, 0.15) is 0 Å². The van der Waals surface area contributed by atoms with Crippen LogP contribution in [0, 0.1) is 0 Å². The van der Waals surface area contributed by atoms with Crippen LogP contribution >= 0.6 is 0 Å². The summed E-state index contributed by atoms with van der Waals surface area (Å²) in [5, 5.41) is 2.87. The van der Waals surface area contributed by atoms with Gasteiger partial charge in [-0.05, 0) is 111 Å². The van der Waals surface area contributed by atoms with Crippen LogP contribution in [0.15, 0.2) is 48.0 Å². The molecule has 410 valence electrons. The molecule has 2 aromatic rings. The van der Waals surface area contributed by atoms with E-state index < -0.39 is 0 Å². The molecule has 0 bridgehead atoms. The van der Waals surface area contributed by atoms with Crippen LogP contribution in [0.1, 0.15) is 332 Å². The summed E-state index contributed by atoms with van der Waals surface area (Å²) < 4.78 is 1.52. The number of benzene rings is 2. The smallest absolute Gasteiger partial charge is 0.0654 e. The van der Waals surface area contributed by atoms with E-state index in [4.69, 9.17) is 0 Å². The van der Waals surface area contributed by atoms with Crippen molar-refractivity contribution in [2.75, 3.05) is 0 Å². The Bertz CT molecular complexity index is 1550. The summed E-state index contributed by atoms with van der Waals surface area (Å²) in [4.78, 5) is 0. The summed E-state index contributed by atoms with van der Waals surface area (Å²) >= 11 is 2.04. The van der Waals surface area contributed by atoms with Gasteiger partial charge in [0.25, 0.3) is 0 Å². The van der Waals surface area contributed by atoms with Gasteiger partial charge in [-0.3, -0.25) is 0 Å². The summed E-state index contributed by atoms with van der Waals surface area (Å²) in [6, 6.07) is 14.1. The van der Waals surface area contributed by atoms with Gasteiger partial charge < -0.3 is 5.53 Å².